The number of hydrogen-bond donors (Lipinski definition) is 4. The molecule has 8 nitrogen and oxygen atoms in total. The SMILES string of the molecule is Cc1nc(C(C)NC(=O)c2ccc(CNC(N)=O)cc2)sc1C(=O)O. The maximum absolute atomic E-state index is 12.3. The molecule has 1 atom stereocenters. The molecule has 25 heavy (non-hydrogen) atoms. The molecule has 1 aromatic carbocycles. The van der Waals surface area contributed by atoms with Crippen molar-refractivity contribution in [1.29, 1.82) is 0 Å². The van der Waals surface area contributed by atoms with Crippen LogP contribution in [0.3, 0.4) is 0 Å². The number of urea groups is 1. The number of aromatic carboxylic acids is 1. The van der Waals surface area contributed by atoms with Crippen molar-refractivity contribution >= 4 is 29.2 Å². The second-order valence-electron chi connectivity index (χ2n) is 5.38. The van der Waals surface area contributed by atoms with Crippen LogP contribution in [-0.4, -0.2) is 28.0 Å². The monoisotopic (exact) mass is 362 g/mol. The Morgan fingerprint density at radius 3 is 2.44 bits per heavy atom. The van der Waals surface area contributed by atoms with Crippen molar-refractivity contribution in [2.75, 3.05) is 0 Å². The molecule has 0 saturated carbocycles. The van der Waals surface area contributed by atoms with Gasteiger partial charge in [0, 0.05) is 12.1 Å². The number of primary amides is 1. The van der Waals surface area contributed by atoms with E-state index in [0.29, 0.717) is 16.3 Å². The maximum Gasteiger partial charge on any atom is 0.347 e. The third-order valence-electron chi connectivity index (χ3n) is 3.41. The summed E-state index contributed by atoms with van der Waals surface area (Å²) in [5, 5.41) is 14.9. The van der Waals surface area contributed by atoms with Gasteiger partial charge < -0.3 is 21.5 Å². The maximum atomic E-state index is 12.3. The van der Waals surface area contributed by atoms with Gasteiger partial charge in [0.1, 0.15) is 9.88 Å². The van der Waals surface area contributed by atoms with Crippen LogP contribution in [-0.2, 0) is 6.54 Å². The predicted molar refractivity (Wildman–Crippen MR) is 92.6 cm³/mol. The Hall–Kier alpha value is -2.94. The lowest BCUT2D eigenvalue weighted by molar-refractivity contribution is 0.0700. The molecule has 5 N–H and O–H groups in total. The van der Waals surface area contributed by atoms with Gasteiger partial charge in [0.15, 0.2) is 0 Å². The van der Waals surface area contributed by atoms with Gasteiger partial charge in [0.2, 0.25) is 0 Å². The molecule has 1 heterocycles. The molecule has 3 amide bonds. The Balaban J connectivity index is 2.02. The lowest BCUT2D eigenvalue weighted by atomic mass is 10.1. The molecule has 0 spiro atoms. The van der Waals surface area contributed by atoms with Crippen molar-refractivity contribution in [3.63, 3.8) is 0 Å². The van der Waals surface area contributed by atoms with Crippen LogP contribution in [0.2, 0.25) is 0 Å². The number of carbonyl (C=O) groups is 3. The summed E-state index contributed by atoms with van der Waals surface area (Å²) in [6.45, 7) is 3.65. The molecular formula is C16H18N4O4S. The van der Waals surface area contributed by atoms with Crippen LogP contribution in [0, 0.1) is 6.92 Å². The van der Waals surface area contributed by atoms with E-state index in [1.807, 2.05) is 0 Å². The molecule has 1 unspecified atom stereocenters. The molecule has 0 bridgehead atoms. The number of amides is 3. The van der Waals surface area contributed by atoms with E-state index in [1.54, 1.807) is 38.1 Å². The van der Waals surface area contributed by atoms with Gasteiger partial charge in [-0.3, -0.25) is 4.79 Å². The van der Waals surface area contributed by atoms with Gasteiger partial charge in [-0.1, -0.05) is 12.1 Å². The van der Waals surface area contributed by atoms with E-state index in [2.05, 4.69) is 15.6 Å². The first-order valence-corrected chi connectivity index (χ1v) is 8.23. The molecular weight excluding hydrogens is 344 g/mol. The summed E-state index contributed by atoms with van der Waals surface area (Å²) in [7, 11) is 0. The molecule has 0 aliphatic rings. The van der Waals surface area contributed by atoms with Crippen LogP contribution in [0.5, 0.6) is 0 Å². The normalized spacial score (nSPS) is 11.6. The fourth-order valence-electron chi connectivity index (χ4n) is 2.11. The molecule has 0 fully saturated rings. The van der Waals surface area contributed by atoms with E-state index < -0.39 is 18.0 Å². The number of nitrogens with one attached hydrogen (secondary N) is 2. The molecule has 0 saturated heterocycles. The van der Waals surface area contributed by atoms with Crippen molar-refractivity contribution < 1.29 is 19.5 Å². The first-order chi connectivity index (χ1) is 11.8. The minimum atomic E-state index is -1.03. The lowest BCUT2D eigenvalue weighted by Crippen LogP contribution is -2.28. The molecule has 2 rings (SSSR count). The van der Waals surface area contributed by atoms with Crippen molar-refractivity contribution in [2.45, 2.75) is 26.4 Å². The molecule has 0 aliphatic heterocycles. The van der Waals surface area contributed by atoms with Crippen LogP contribution in [0.1, 0.15) is 49.3 Å². The number of aromatic nitrogens is 1. The highest BCUT2D eigenvalue weighted by atomic mass is 32.1. The third-order valence-corrected chi connectivity index (χ3v) is 4.74. The van der Waals surface area contributed by atoms with Crippen LogP contribution in [0.4, 0.5) is 4.79 Å². The first kappa shape index (κ1) is 18.4. The minimum absolute atomic E-state index is 0.169. The molecule has 0 aliphatic carbocycles. The van der Waals surface area contributed by atoms with Gasteiger partial charge in [-0.2, -0.15) is 0 Å². The summed E-state index contributed by atoms with van der Waals surface area (Å²) in [5.41, 5.74) is 6.69. The molecule has 0 radical (unpaired) electrons. The van der Waals surface area contributed by atoms with Crippen molar-refractivity contribution in [1.82, 2.24) is 15.6 Å². The standard InChI is InChI=1S/C16H18N4O4S/c1-8-12(15(22)23)25-14(20-8)9(2)19-13(21)11-5-3-10(4-6-11)7-18-16(17)24/h3-6,9H,7H2,1-2H3,(H,19,21)(H,22,23)(H3,17,18,24). The average molecular weight is 362 g/mol. The fourth-order valence-corrected chi connectivity index (χ4v) is 3.01. The predicted octanol–water partition coefficient (Wildman–Crippen LogP) is 1.81. The van der Waals surface area contributed by atoms with Crippen molar-refractivity contribution in [3.8, 4) is 0 Å². The number of hydrogen-bond acceptors (Lipinski definition) is 5. The number of carbonyl (C=O) groups excluding carboxylic acids is 2. The fraction of sp³-hybridized carbons (Fsp3) is 0.250. The number of carboxylic acid groups (broad SMARTS) is 1. The van der Waals surface area contributed by atoms with Crippen molar-refractivity contribution in [3.05, 3.63) is 51.0 Å². The zero-order chi connectivity index (χ0) is 18.6. The second-order valence-corrected chi connectivity index (χ2v) is 6.41. The number of rotatable bonds is 6. The van der Waals surface area contributed by atoms with Crippen LogP contribution in [0.15, 0.2) is 24.3 Å². The number of aryl methyl sites for hydroxylation is 1. The smallest absolute Gasteiger partial charge is 0.347 e. The first-order valence-electron chi connectivity index (χ1n) is 7.41. The zero-order valence-corrected chi connectivity index (χ0v) is 14.5. The van der Waals surface area contributed by atoms with Gasteiger partial charge in [-0.05, 0) is 31.5 Å². The van der Waals surface area contributed by atoms with E-state index in [9.17, 15) is 14.4 Å². The van der Waals surface area contributed by atoms with E-state index in [-0.39, 0.29) is 17.3 Å². The Kier molecular flexibility index (Phi) is 5.71. The highest BCUT2D eigenvalue weighted by Gasteiger charge is 2.19. The van der Waals surface area contributed by atoms with Crippen LogP contribution >= 0.6 is 11.3 Å². The number of thiazole rings is 1. The highest BCUT2D eigenvalue weighted by molar-refractivity contribution is 7.13. The summed E-state index contributed by atoms with van der Waals surface area (Å²) in [4.78, 5) is 38.4. The zero-order valence-electron chi connectivity index (χ0n) is 13.7. The lowest BCUT2D eigenvalue weighted by Gasteiger charge is -2.11. The van der Waals surface area contributed by atoms with Gasteiger partial charge >= 0.3 is 12.0 Å². The molecule has 132 valence electrons. The topological polar surface area (TPSA) is 134 Å². The highest BCUT2D eigenvalue weighted by Crippen LogP contribution is 2.23. The van der Waals surface area contributed by atoms with E-state index in [0.717, 1.165) is 16.9 Å². The summed E-state index contributed by atoms with van der Waals surface area (Å²) in [6.07, 6.45) is 0. The Morgan fingerprint density at radius 2 is 1.92 bits per heavy atom. The van der Waals surface area contributed by atoms with Gasteiger partial charge in [-0.15, -0.1) is 11.3 Å². The molecule has 2 aromatic rings. The molecule has 9 heteroatoms. The van der Waals surface area contributed by atoms with E-state index >= 15 is 0 Å². The summed E-state index contributed by atoms with van der Waals surface area (Å²) in [6, 6.07) is 5.67. The van der Waals surface area contributed by atoms with Crippen LogP contribution in [0.25, 0.3) is 0 Å². The quantitative estimate of drug-likeness (QED) is 0.621. The third kappa shape index (κ3) is 4.77. The van der Waals surface area contributed by atoms with Gasteiger partial charge in [0.25, 0.3) is 5.91 Å². The molecule has 1 aromatic heterocycles. The largest absolute Gasteiger partial charge is 0.477 e. The summed E-state index contributed by atoms with van der Waals surface area (Å²) < 4.78 is 0. The average Bonchev–Trinajstić information content (AvgIpc) is 2.95. The number of benzene rings is 1. The van der Waals surface area contributed by atoms with E-state index in [1.165, 1.54) is 0 Å². The summed E-state index contributed by atoms with van der Waals surface area (Å²) >= 11 is 1.05. The summed E-state index contributed by atoms with van der Waals surface area (Å²) in [5.74, 6) is -1.33. The Bertz CT molecular complexity index is 801. The van der Waals surface area contributed by atoms with Crippen LogP contribution < -0.4 is 16.4 Å². The number of nitrogens with two attached hydrogens (primary N) is 1. The Labute approximate surface area is 148 Å². The van der Waals surface area contributed by atoms with E-state index in [4.69, 9.17) is 10.8 Å². The number of nitrogens with zero attached hydrogens (tertiary/aromatic N) is 1. The Morgan fingerprint density at radius 1 is 1.28 bits per heavy atom. The second kappa shape index (κ2) is 7.75. The minimum Gasteiger partial charge on any atom is -0.477 e. The van der Waals surface area contributed by atoms with Gasteiger partial charge in [0.05, 0.1) is 11.7 Å². The van der Waals surface area contributed by atoms with Crippen molar-refractivity contribution in [2.24, 2.45) is 5.73 Å². The van der Waals surface area contributed by atoms with Gasteiger partial charge in [-0.25, -0.2) is 14.6 Å². The number of carboxylic acids is 1.